The number of hydrogen-bond donors (Lipinski definition) is 1. The molecule has 0 amide bonds. The standard InChI is InChI=1S/C19H30O5/c1-10(16(20)21)17(22)24-18(19(2,3)4)23-15-13-6-11-5-12(8-13)9-14(15)7-11/h10-15,18H,5-9H2,1-4H3,(H,20,21). The van der Waals surface area contributed by atoms with Crippen LogP contribution >= 0.6 is 0 Å². The third-order valence-electron chi connectivity index (χ3n) is 6.08. The van der Waals surface area contributed by atoms with Crippen LogP contribution < -0.4 is 0 Å². The van der Waals surface area contributed by atoms with Crippen LogP contribution in [0.15, 0.2) is 0 Å². The Hall–Kier alpha value is -1.10. The van der Waals surface area contributed by atoms with Gasteiger partial charge in [0.15, 0.2) is 5.92 Å². The van der Waals surface area contributed by atoms with Crippen LogP contribution in [-0.2, 0) is 19.1 Å². The lowest BCUT2D eigenvalue weighted by atomic mass is 9.55. The van der Waals surface area contributed by atoms with Crippen LogP contribution in [0.25, 0.3) is 0 Å². The van der Waals surface area contributed by atoms with Crippen LogP contribution in [0, 0.1) is 35.0 Å². The molecule has 24 heavy (non-hydrogen) atoms. The van der Waals surface area contributed by atoms with Gasteiger partial charge in [0.25, 0.3) is 0 Å². The third kappa shape index (κ3) is 3.46. The fourth-order valence-corrected chi connectivity index (χ4v) is 4.96. The average Bonchev–Trinajstić information content (AvgIpc) is 2.46. The Bertz CT molecular complexity index is 478. The highest BCUT2D eigenvalue weighted by molar-refractivity contribution is 5.93. The minimum Gasteiger partial charge on any atom is -0.481 e. The first kappa shape index (κ1) is 17.7. The van der Waals surface area contributed by atoms with Gasteiger partial charge in [0.05, 0.1) is 6.10 Å². The molecule has 4 saturated carbocycles. The summed E-state index contributed by atoms with van der Waals surface area (Å²) < 4.78 is 11.9. The lowest BCUT2D eigenvalue weighted by Crippen LogP contribution is -2.52. The summed E-state index contributed by atoms with van der Waals surface area (Å²) in [4.78, 5) is 23.1. The van der Waals surface area contributed by atoms with Gasteiger partial charge in [-0.05, 0) is 62.7 Å². The van der Waals surface area contributed by atoms with E-state index in [0.717, 1.165) is 11.8 Å². The molecule has 5 nitrogen and oxygen atoms in total. The monoisotopic (exact) mass is 338 g/mol. The van der Waals surface area contributed by atoms with E-state index in [1.54, 1.807) is 0 Å². The molecule has 2 atom stereocenters. The Balaban J connectivity index is 1.69. The van der Waals surface area contributed by atoms with Crippen molar-refractivity contribution in [1.29, 1.82) is 0 Å². The lowest BCUT2D eigenvalue weighted by molar-refractivity contribution is -0.253. The number of carboxylic acids is 1. The molecule has 5 heteroatoms. The maximum Gasteiger partial charge on any atom is 0.322 e. The molecular weight excluding hydrogens is 308 g/mol. The van der Waals surface area contributed by atoms with Crippen molar-refractivity contribution in [3.05, 3.63) is 0 Å². The van der Waals surface area contributed by atoms with E-state index in [0.29, 0.717) is 11.8 Å². The van der Waals surface area contributed by atoms with Crippen LogP contribution in [-0.4, -0.2) is 29.4 Å². The highest BCUT2D eigenvalue weighted by atomic mass is 16.7. The molecule has 0 spiro atoms. The molecule has 0 radical (unpaired) electrons. The van der Waals surface area contributed by atoms with Gasteiger partial charge < -0.3 is 14.6 Å². The van der Waals surface area contributed by atoms with Crippen molar-refractivity contribution in [3.8, 4) is 0 Å². The Morgan fingerprint density at radius 3 is 1.92 bits per heavy atom. The van der Waals surface area contributed by atoms with E-state index in [4.69, 9.17) is 14.6 Å². The molecule has 4 bridgehead atoms. The van der Waals surface area contributed by atoms with Crippen LogP contribution in [0.3, 0.4) is 0 Å². The van der Waals surface area contributed by atoms with Gasteiger partial charge in [-0.3, -0.25) is 9.59 Å². The van der Waals surface area contributed by atoms with Gasteiger partial charge in [-0.1, -0.05) is 20.8 Å². The summed E-state index contributed by atoms with van der Waals surface area (Å²) in [6.07, 6.45) is 5.75. The van der Waals surface area contributed by atoms with Gasteiger partial charge in [0, 0.05) is 5.41 Å². The van der Waals surface area contributed by atoms with E-state index in [1.165, 1.54) is 39.0 Å². The van der Waals surface area contributed by atoms with Crippen LogP contribution in [0.1, 0.15) is 59.8 Å². The zero-order chi connectivity index (χ0) is 17.6. The number of ether oxygens (including phenoxy) is 2. The van der Waals surface area contributed by atoms with Crippen molar-refractivity contribution in [1.82, 2.24) is 0 Å². The van der Waals surface area contributed by atoms with Crippen LogP contribution in [0.5, 0.6) is 0 Å². The van der Waals surface area contributed by atoms with Crippen molar-refractivity contribution in [2.75, 3.05) is 0 Å². The maximum atomic E-state index is 12.1. The largest absolute Gasteiger partial charge is 0.481 e. The fraction of sp³-hybridized carbons (Fsp3) is 0.895. The van der Waals surface area contributed by atoms with E-state index >= 15 is 0 Å². The molecule has 0 aromatic heterocycles. The van der Waals surface area contributed by atoms with E-state index in [9.17, 15) is 9.59 Å². The number of hydrogen-bond acceptors (Lipinski definition) is 4. The SMILES string of the molecule is CC(C(=O)O)C(=O)OC(OC1C2CC3CC(C2)CC1C3)C(C)(C)C. The molecule has 0 aromatic carbocycles. The van der Waals surface area contributed by atoms with E-state index < -0.39 is 24.1 Å². The highest BCUT2D eigenvalue weighted by Gasteiger charge is 2.50. The molecule has 136 valence electrons. The summed E-state index contributed by atoms with van der Waals surface area (Å²) in [6.45, 7) is 7.25. The first-order chi connectivity index (χ1) is 11.1. The van der Waals surface area contributed by atoms with Gasteiger partial charge >= 0.3 is 11.9 Å². The maximum absolute atomic E-state index is 12.1. The molecule has 2 unspecified atom stereocenters. The number of carbonyl (C=O) groups is 2. The lowest BCUT2D eigenvalue weighted by Gasteiger charge is -2.54. The normalized spacial score (nSPS) is 37.1. The predicted octanol–water partition coefficient (Wildman–Crippen LogP) is 3.46. The summed E-state index contributed by atoms with van der Waals surface area (Å²) in [5.41, 5.74) is -0.386. The number of aliphatic carboxylic acids is 1. The number of esters is 1. The minimum atomic E-state index is -1.17. The number of carboxylic acid groups (broad SMARTS) is 1. The molecule has 0 heterocycles. The van der Waals surface area contributed by atoms with Crippen LogP contribution in [0.2, 0.25) is 0 Å². The second-order valence-electron chi connectivity index (χ2n) is 9.23. The van der Waals surface area contributed by atoms with E-state index in [2.05, 4.69) is 0 Å². The van der Waals surface area contributed by atoms with Gasteiger partial charge in [0.2, 0.25) is 6.29 Å². The summed E-state index contributed by atoms with van der Waals surface area (Å²) in [6, 6.07) is 0. The summed E-state index contributed by atoms with van der Waals surface area (Å²) >= 11 is 0. The molecular formula is C19H30O5. The van der Waals surface area contributed by atoms with Crippen LogP contribution in [0.4, 0.5) is 0 Å². The van der Waals surface area contributed by atoms with Crippen molar-refractivity contribution in [3.63, 3.8) is 0 Å². The Labute approximate surface area is 144 Å². The third-order valence-corrected chi connectivity index (χ3v) is 6.08. The summed E-state index contributed by atoms with van der Waals surface area (Å²) in [5.74, 6) is -0.195. The van der Waals surface area contributed by atoms with Crippen molar-refractivity contribution < 1.29 is 24.2 Å². The number of rotatable bonds is 5. The molecule has 0 aromatic rings. The van der Waals surface area contributed by atoms with Gasteiger partial charge in [-0.15, -0.1) is 0 Å². The van der Waals surface area contributed by atoms with Gasteiger partial charge in [0.1, 0.15) is 0 Å². The molecule has 1 N–H and O–H groups in total. The van der Waals surface area contributed by atoms with Crippen molar-refractivity contribution in [2.24, 2.45) is 35.0 Å². The van der Waals surface area contributed by atoms with Crippen molar-refractivity contribution >= 4 is 11.9 Å². The first-order valence-electron chi connectivity index (χ1n) is 9.24. The fourth-order valence-electron chi connectivity index (χ4n) is 4.96. The first-order valence-corrected chi connectivity index (χ1v) is 9.24. The quantitative estimate of drug-likeness (QED) is 0.472. The second kappa shape index (κ2) is 6.32. The summed E-state index contributed by atoms with van der Waals surface area (Å²) in [7, 11) is 0. The Kier molecular flexibility index (Phi) is 4.67. The van der Waals surface area contributed by atoms with Crippen molar-refractivity contribution in [2.45, 2.75) is 72.2 Å². The molecule has 4 fully saturated rings. The zero-order valence-electron chi connectivity index (χ0n) is 15.2. The topological polar surface area (TPSA) is 72.8 Å². The predicted molar refractivity (Wildman–Crippen MR) is 88.1 cm³/mol. The van der Waals surface area contributed by atoms with Gasteiger partial charge in [-0.2, -0.15) is 0 Å². The molecule has 0 saturated heterocycles. The second-order valence-corrected chi connectivity index (χ2v) is 9.23. The molecule has 0 aliphatic heterocycles. The minimum absolute atomic E-state index is 0.148. The van der Waals surface area contributed by atoms with E-state index in [-0.39, 0.29) is 11.5 Å². The average molecular weight is 338 g/mol. The molecule has 4 aliphatic carbocycles. The summed E-state index contributed by atoms with van der Waals surface area (Å²) in [5, 5.41) is 9.01. The number of carbonyl (C=O) groups excluding carboxylic acids is 1. The smallest absolute Gasteiger partial charge is 0.322 e. The molecule has 4 rings (SSSR count). The Morgan fingerprint density at radius 1 is 1.00 bits per heavy atom. The van der Waals surface area contributed by atoms with E-state index in [1.807, 2.05) is 20.8 Å². The Morgan fingerprint density at radius 2 is 1.50 bits per heavy atom. The highest BCUT2D eigenvalue weighted by Crippen LogP contribution is 2.55. The molecule has 4 aliphatic rings. The zero-order valence-corrected chi connectivity index (χ0v) is 15.2. The van der Waals surface area contributed by atoms with Gasteiger partial charge in [-0.25, -0.2) is 0 Å².